The molecule has 0 nitrogen and oxygen atoms in total. The highest BCUT2D eigenvalue weighted by atomic mass is 35.6. The first-order chi connectivity index (χ1) is 5.83. The average Bonchev–Trinajstić information content (AvgIpc) is 2.44. The molecule has 1 aromatic rings. The predicted octanol–water partition coefficient (Wildman–Crippen LogP) is 3.00. The van der Waals surface area contributed by atoms with Crippen molar-refractivity contribution in [2.45, 2.75) is 12.5 Å². The van der Waals surface area contributed by atoms with Crippen LogP contribution in [-0.2, 0) is 0 Å². The second kappa shape index (κ2) is 3.07. The molecule has 2 heteroatoms. The molecule has 1 aromatic carbocycles. The molecular weight excluding hydrogens is 184 g/mol. The summed E-state index contributed by atoms with van der Waals surface area (Å²) in [5.41, 5.74) is 4.59. The van der Waals surface area contributed by atoms with Gasteiger partial charge in [0.15, 0.2) is 8.83 Å². The third-order valence-electron chi connectivity index (χ3n) is 2.25. The molecule has 0 aromatic heterocycles. The van der Waals surface area contributed by atoms with Gasteiger partial charge in [-0.3, -0.25) is 0 Å². The number of rotatable bonds is 1. The number of allylic oxidation sites excluding steroid dienone is 2. The molecule has 0 saturated carbocycles. The fourth-order valence-corrected chi connectivity index (χ4v) is 2.87. The lowest BCUT2D eigenvalue weighted by molar-refractivity contribution is 1.24. The maximum Gasteiger partial charge on any atom is 0.184 e. The van der Waals surface area contributed by atoms with Gasteiger partial charge in [0, 0.05) is 5.54 Å². The molecule has 0 N–H and O–H groups in total. The first kappa shape index (κ1) is 8.08. The molecule has 1 atom stereocenters. The van der Waals surface area contributed by atoms with Gasteiger partial charge in [0.1, 0.15) is 0 Å². The summed E-state index contributed by atoms with van der Waals surface area (Å²) >= 11 is 5.88. The summed E-state index contributed by atoms with van der Waals surface area (Å²) in [4.78, 5) is 0. The molecule has 0 saturated heterocycles. The molecule has 60 valence electrons. The lowest BCUT2D eigenvalue weighted by Crippen LogP contribution is -1.96. The van der Waals surface area contributed by atoms with Crippen LogP contribution in [0.25, 0.3) is 5.57 Å². The SMILES string of the molecule is CC1=CC([Si]Cl)c2ccccc21. The molecule has 1 unspecified atom stereocenters. The zero-order valence-electron chi connectivity index (χ0n) is 6.84. The van der Waals surface area contributed by atoms with Crippen LogP contribution in [0.5, 0.6) is 0 Å². The van der Waals surface area contributed by atoms with Crippen molar-refractivity contribution in [3.8, 4) is 0 Å². The first-order valence-electron chi connectivity index (χ1n) is 3.97. The molecule has 2 rings (SSSR count). The van der Waals surface area contributed by atoms with Crippen molar-refractivity contribution in [2.24, 2.45) is 0 Å². The quantitative estimate of drug-likeness (QED) is 0.474. The Morgan fingerprint density at radius 3 is 2.83 bits per heavy atom. The van der Waals surface area contributed by atoms with Gasteiger partial charge in [-0.1, -0.05) is 30.3 Å². The Bertz CT molecular complexity index is 330. The van der Waals surface area contributed by atoms with E-state index >= 15 is 0 Å². The largest absolute Gasteiger partial charge is 0.184 e. The average molecular weight is 193 g/mol. The van der Waals surface area contributed by atoms with Crippen LogP contribution in [0.3, 0.4) is 0 Å². The van der Waals surface area contributed by atoms with Crippen molar-refractivity contribution in [1.82, 2.24) is 0 Å². The van der Waals surface area contributed by atoms with Gasteiger partial charge in [0.2, 0.25) is 0 Å². The lowest BCUT2D eigenvalue weighted by Gasteiger charge is -2.04. The summed E-state index contributed by atoms with van der Waals surface area (Å²) in [5, 5.41) is 0. The van der Waals surface area contributed by atoms with Crippen molar-refractivity contribution in [3.63, 3.8) is 0 Å². The number of benzene rings is 1. The molecule has 1 aliphatic rings. The number of halogens is 1. The van der Waals surface area contributed by atoms with Gasteiger partial charge in [0.25, 0.3) is 0 Å². The second-order valence-electron chi connectivity index (χ2n) is 3.02. The van der Waals surface area contributed by atoms with Crippen LogP contribution >= 0.6 is 11.1 Å². The Labute approximate surface area is 79.8 Å². The molecule has 12 heavy (non-hydrogen) atoms. The third-order valence-corrected chi connectivity index (χ3v) is 3.67. The summed E-state index contributed by atoms with van der Waals surface area (Å²) in [6.07, 6.45) is 2.26. The molecule has 0 amide bonds. The highest BCUT2D eigenvalue weighted by molar-refractivity contribution is 6.94. The van der Waals surface area contributed by atoms with Crippen LogP contribution in [0.2, 0.25) is 0 Å². The van der Waals surface area contributed by atoms with Gasteiger partial charge in [0.05, 0.1) is 0 Å². The topological polar surface area (TPSA) is 0 Å². The van der Waals surface area contributed by atoms with Crippen molar-refractivity contribution in [2.75, 3.05) is 0 Å². The van der Waals surface area contributed by atoms with E-state index in [4.69, 9.17) is 11.1 Å². The Hall–Kier alpha value is -0.533. The lowest BCUT2D eigenvalue weighted by atomic mass is 10.1. The van der Waals surface area contributed by atoms with E-state index in [9.17, 15) is 0 Å². The van der Waals surface area contributed by atoms with Crippen molar-refractivity contribution in [1.29, 1.82) is 0 Å². The monoisotopic (exact) mass is 192 g/mol. The smallest absolute Gasteiger partial charge is 0.170 e. The minimum absolute atomic E-state index is 0.460. The van der Waals surface area contributed by atoms with E-state index in [0.29, 0.717) is 14.4 Å². The number of hydrogen-bond acceptors (Lipinski definition) is 0. The minimum Gasteiger partial charge on any atom is -0.170 e. The highest BCUT2D eigenvalue weighted by Gasteiger charge is 2.19. The summed E-state index contributed by atoms with van der Waals surface area (Å²) in [6.45, 7) is 2.15. The van der Waals surface area contributed by atoms with E-state index in [1.165, 1.54) is 16.7 Å². The number of hydrogen-bond donors (Lipinski definition) is 0. The Kier molecular flexibility index (Phi) is 2.07. The zero-order chi connectivity index (χ0) is 8.55. The Morgan fingerprint density at radius 1 is 1.33 bits per heavy atom. The van der Waals surface area contributed by atoms with Crippen LogP contribution in [0.4, 0.5) is 0 Å². The van der Waals surface area contributed by atoms with Crippen LogP contribution in [0.15, 0.2) is 30.3 Å². The van der Waals surface area contributed by atoms with Gasteiger partial charge in [-0.15, -0.1) is 0 Å². The van der Waals surface area contributed by atoms with Gasteiger partial charge >= 0.3 is 0 Å². The van der Waals surface area contributed by atoms with E-state index in [0.717, 1.165) is 0 Å². The maximum absolute atomic E-state index is 5.88. The van der Waals surface area contributed by atoms with E-state index in [1.54, 1.807) is 0 Å². The molecular formula is C10H9ClSi. The Balaban J connectivity index is 2.52. The molecule has 2 radical (unpaired) electrons. The second-order valence-corrected chi connectivity index (χ2v) is 4.52. The van der Waals surface area contributed by atoms with Gasteiger partial charge in [-0.05, 0) is 23.6 Å². The highest BCUT2D eigenvalue weighted by Crippen LogP contribution is 2.34. The fraction of sp³-hybridized carbons (Fsp3) is 0.200. The normalized spacial score (nSPS) is 20.5. The summed E-state index contributed by atoms with van der Waals surface area (Å²) in [5.74, 6) is 0. The summed E-state index contributed by atoms with van der Waals surface area (Å²) in [6, 6.07) is 8.49. The van der Waals surface area contributed by atoms with Gasteiger partial charge < -0.3 is 0 Å². The first-order valence-corrected chi connectivity index (χ1v) is 6.05. The van der Waals surface area contributed by atoms with Crippen LogP contribution in [-0.4, -0.2) is 8.83 Å². The van der Waals surface area contributed by atoms with Crippen LogP contribution < -0.4 is 0 Å². The summed E-state index contributed by atoms with van der Waals surface area (Å²) < 4.78 is 0. The Morgan fingerprint density at radius 2 is 2.08 bits per heavy atom. The molecule has 0 heterocycles. The molecule has 0 aliphatic heterocycles. The van der Waals surface area contributed by atoms with Crippen molar-refractivity contribution in [3.05, 3.63) is 41.5 Å². The molecule has 0 bridgehead atoms. The van der Waals surface area contributed by atoms with Gasteiger partial charge in [-0.25, -0.2) is 0 Å². The fourth-order valence-electron chi connectivity index (χ4n) is 1.65. The third kappa shape index (κ3) is 1.13. The van der Waals surface area contributed by atoms with E-state index in [1.807, 2.05) is 0 Å². The van der Waals surface area contributed by atoms with Gasteiger partial charge in [-0.2, -0.15) is 11.1 Å². The number of fused-ring (bicyclic) bond motifs is 1. The zero-order valence-corrected chi connectivity index (χ0v) is 8.60. The molecule has 0 spiro atoms. The van der Waals surface area contributed by atoms with E-state index < -0.39 is 0 Å². The van der Waals surface area contributed by atoms with Crippen LogP contribution in [0.1, 0.15) is 23.6 Å². The molecule has 0 fully saturated rings. The predicted molar refractivity (Wildman–Crippen MR) is 54.4 cm³/mol. The van der Waals surface area contributed by atoms with Crippen molar-refractivity contribution >= 4 is 25.5 Å². The standard InChI is InChI=1S/C10H9ClSi/c1-7-6-10(12-11)9-5-3-2-4-8(7)9/h2-6,10H,1H3. The minimum atomic E-state index is 0.460. The maximum atomic E-state index is 5.88. The van der Waals surface area contributed by atoms with Crippen molar-refractivity contribution < 1.29 is 0 Å². The summed E-state index contributed by atoms with van der Waals surface area (Å²) in [7, 11) is 0.460. The molecule has 1 aliphatic carbocycles. The van der Waals surface area contributed by atoms with E-state index in [-0.39, 0.29) is 0 Å². The van der Waals surface area contributed by atoms with E-state index in [2.05, 4.69) is 37.3 Å². The van der Waals surface area contributed by atoms with Crippen LogP contribution in [0, 0.1) is 0 Å².